The fourth-order valence-electron chi connectivity index (χ4n) is 2.58. The summed E-state index contributed by atoms with van der Waals surface area (Å²) in [6.45, 7) is 10.9. The standard InChI is InChI=1S/C18H29ClN2/c1-4-9-21(13-15-5-6-15)17-8-7-16(18(19)10-17)12-20-11-14(2)3/h7-8,10,14-15,20H,4-6,9,11-13H2,1-3H3. The van der Waals surface area contributed by atoms with E-state index < -0.39 is 0 Å². The van der Waals surface area contributed by atoms with Crippen LogP contribution in [0.3, 0.4) is 0 Å². The number of halogens is 1. The lowest BCUT2D eigenvalue weighted by atomic mass is 10.1. The Labute approximate surface area is 134 Å². The van der Waals surface area contributed by atoms with Gasteiger partial charge in [-0.15, -0.1) is 0 Å². The van der Waals surface area contributed by atoms with Crippen LogP contribution in [0.15, 0.2) is 18.2 Å². The zero-order valence-electron chi connectivity index (χ0n) is 13.7. The Balaban J connectivity index is 1.98. The molecule has 21 heavy (non-hydrogen) atoms. The second-order valence-corrected chi connectivity index (χ2v) is 7.10. The van der Waals surface area contributed by atoms with Gasteiger partial charge >= 0.3 is 0 Å². The first kappa shape index (κ1) is 16.6. The molecule has 1 aromatic rings. The maximum Gasteiger partial charge on any atom is 0.0471 e. The van der Waals surface area contributed by atoms with Gasteiger partial charge in [-0.25, -0.2) is 0 Å². The molecule has 0 bridgehead atoms. The van der Waals surface area contributed by atoms with Gasteiger partial charge < -0.3 is 10.2 Å². The molecule has 0 aromatic heterocycles. The van der Waals surface area contributed by atoms with Gasteiger partial charge in [0.2, 0.25) is 0 Å². The van der Waals surface area contributed by atoms with Crippen molar-refractivity contribution in [2.45, 2.75) is 46.6 Å². The third-order valence-corrected chi connectivity index (χ3v) is 4.29. The van der Waals surface area contributed by atoms with Crippen LogP contribution >= 0.6 is 11.6 Å². The smallest absolute Gasteiger partial charge is 0.0471 e. The number of nitrogens with zero attached hydrogens (tertiary/aromatic N) is 1. The molecule has 118 valence electrons. The summed E-state index contributed by atoms with van der Waals surface area (Å²) in [7, 11) is 0. The molecule has 0 spiro atoms. The van der Waals surface area contributed by atoms with Gasteiger partial charge in [0.25, 0.3) is 0 Å². The third-order valence-electron chi connectivity index (χ3n) is 3.94. The Hall–Kier alpha value is -0.730. The summed E-state index contributed by atoms with van der Waals surface area (Å²) in [5, 5.41) is 4.35. The molecule has 1 fully saturated rings. The van der Waals surface area contributed by atoms with Gasteiger partial charge in [0, 0.05) is 30.3 Å². The fraction of sp³-hybridized carbons (Fsp3) is 0.667. The van der Waals surface area contributed by atoms with Gasteiger partial charge in [-0.1, -0.05) is 38.4 Å². The molecular formula is C18H29ClN2. The average molecular weight is 309 g/mol. The van der Waals surface area contributed by atoms with E-state index in [4.69, 9.17) is 11.6 Å². The van der Waals surface area contributed by atoms with Crippen molar-refractivity contribution in [2.75, 3.05) is 24.5 Å². The first-order valence-corrected chi connectivity index (χ1v) is 8.72. The first-order valence-electron chi connectivity index (χ1n) is 8.34. The molecule has 0 atom stereocenters. The minimum Gasteiger partial charge on any atom is -0.371 e. The number of hydrogen-bond acceptors (Lipinski definition) is 2. The Morgan fingerprint density at radius 1 is 1.33 bits per heavy atom. The van der Waals surface area contributed by atoms with Crippen LogP contribution in [-0.4, -0.2) is 19.6 Å². The Kier molecular flexibility index (Phi) is 6.38. The molecule has 1 aromatic carbocycles. The Bertz CT molecular complexity index is 441. The molecule has 0 saturated heterocycles. The SMILES string of the molecule is CCCN(CC1CC1)c1ccc(CNCC(C)C)c(Cl)c1. The molecular weight excluding hydrogens is 280 g/mol. The summed E-state index contributed by atoms with van der Waals surface area (Å²) in [6, 6.07) is 6.56. The molecule has 1 N–H and O–H groups in total. The van der Waals surface area contributed by atoms with Gasteiger partial charge in [0.1, 0.15) is 0 Å². The Morgan fingerprint density at radius 3 is 2.67 bits per heavy atom. The van der Waals surface area contributed by atoms with Gasteiger partial charge in [-0.05, 0) is 55.3 Å². The molecule has 1 aliphatic rings. The van der Waals surface area contributed by atoms with Gasteiger partial charge in [-0.2, -0.15) is 0 Å². The quantitative estimate of drug-likeness (QED) is 0.710. The van der Waals surface area contributed by atoms with Gasteiger partial charge in [0.15, 0.2) is 0 Å². The maximum atomic E-state index is 6.47. The summed E-state index contributed by atoms with van der Waals surface area (Å²) < 4.78 is 0. The largest absolute Gasteiger partial charge is 0.371 e. The van der Waals surface area contributed by atoms with Crippen LogP contribution in [0.2, 0.25) is 5.02 Å². The zero-order chi connectivity index (χ0) is 15.2. The highest BCUT2D eigenvalue weighted by Crippen LogP contribution is 2.32. The monoisotopic (exact) mass is 308 g/mol. The number of anilines is 1. The minimum atomic E-state index is 0.668. The van der Waals surface area contributed by atoms with Gasteiger partial charge in [-0.3, -0.25) is 0 Å². The highest BCUT2D eigenvalue weighted by Gasteiger charge is 2.24. The number of nitrogens with one attached hydrogen (secondary N) is 1. The van der Waals surface area contributed by atoms with Crippen molar-refractivity contribution >= 4 is 17.3 Å². The number of rotatable bonds is 9. The number of benzene rings is 1. The highest BCUT2D eigenvalue weighted by atomic mass is 35.5. The van der Waals surface area contributed by atoms with Crippen molar-refractivity contribution < 1.29 is 0 Å². The van der Waals surface area contributed by atoms with Crippen molar-refractivity contribution in [3.05, 3.63) is 28.8 Å². The normalized spacial score (nSPS) is 14.7. The van der Waals surface area contributed by atoms with Crippen molar-refractivity contribution in [2.24, 2.45) is 11.8 Å². The van der Waals surface area contributed by atoms with E-state index in [1.54, 1.807) is 0 Å². The summed E-state index contributed by atoms with van der Waals surface area (Å²) in [6.07, 6.45) is 3.97. The number of hydrogen-bond donors (Lipinski definition) is 1. The van der Waals surface area contributed by atoms with Crippen LogP contribution in [0.5, 0.6) is 0 Å². The second-order valence-electron chi connectivity index (χ2n) is 6.69. The summed E-state index contributed by atoms with van der Waals surface area (Å²) >= 11 is 6.47. The molecule has 0 aliphatic heterocycles. The summed E-state index contributed by atoms with van der Waals surface area (Å²) in [4.78, 5) is 2.49. The van der Waals surface area contributed by atoms with Crippen LogP contribution in [0.1, 0.15) is 45.6 Å². The van der Waals surface area contributed by atoms with E-state index in [0.29, 0.717) is 5.92 Å². The lowest BCUT2D eigenvalue weighted by molar-refractivity contribution is 0.552. The van der Waals surface area contributed by atoms with E-state index >= 15 is 0 Å². The zero-order valence-corrected chi connectivity index (χ0v) is 14.4. The van der Waals surface area contributed by atoms with Crippen molar-refractivity contribution in [3.8, 4) is 0 Å². The molecule has 0 radical (unpaired) electrons. The molecule has 0 unspecified atom stereocenters. The molecule has 1 saturated carbocycles. The lowest BCUT2D eigenvalue weighted by Gasteiger charge is -2.25. The van der Waals surface area contributed by atoms with Crippen LogP contribution in [0.25, 0.3) is 0 Å². The Morgan fingerprint density at radius 2 is 2.10 bits per heavy atom. The highest BCUT2D eigenvalue weighted by molar-refractivity contribution is 6.31. The van der Waals surface area contributed by atoms with Crippen molar-refractivity contribution in [3.63, 3.8) is 0 Å². The summed E-state index contributed by atoms with van der Waals surface area (Å²) in [5.41, 5.74) is 2.48. The fourth-order valence-corrected chi connectivity index (χ4v) is 2.82. The van der Waals surface area contributed by atoms with Crippen molar-refractivity contribution in [1.82, 2.24) is 5.32 Å². The minimum absolute atomic E-state index is 0.668. The van der Waals surface area contributed by atoms with Gasteiger partial charge in [0.05, 0.1) is 0 Å². The van der Waals surface area contributed by atoms with E-state index in [2.05, 4.69) is 49.2 Å². The lowest BCUT2D eigenvalue weighted by Crippen LogP contribution is -2.26. The third kappa shape index (κ3) is 5.52. The molecule has 0 amide bonds. The molecule has 0 heterocycles. The molecule has 1 aliphatic carbocycles. The van der Waals surface area contributed by atoms with E-state index in [1.807, 2.05) is 0 Å². The first-order chi connectivity index (χ1) is 10.1. The van der Waals surface area contributed by atoms with Crippen LogP contribution in [-0.2, 0) is 6.54 Å². The predicted molar refractivity (Wildman–Crippen MR) is 93.2 cm³/mol. The van der Waals surface area contributed by atoms with Crippen LogP contribution in [0.4, 0.5) is 5.69 Å². The molecule has 2 nitrogen and oxygen atoms in total. The maximum absolute atomic E-state index is 6.47. The molecule has 3 heteroatoms. The van der Waals surface area contributed by atoms with E-state index in [0.717, 1.165) is 30.6 Å². The second kappa shape index (κ2) is 8.05. The average Bonchev–Trinajstić information content (AvgIpc) is 3.24. The van der Waals surface area contributed by atoms with Crippen LogP contribution in [0, 0.1) is 11.8 Å². The van der Waals surface area contributed by atoms with E-state index in [1.165, 1.54) is 37.1 Å². The molecule has 2 rings (SSSR count). The van der Waals surface area contributed by atoms with E-state index in [-0.39, 0.29) is 0 Å². The summed E-state index contributed by atoms with van der Waals surface area (Å²) in [5.74, 6) is 1.57. The van der Waals surface area contributed by atoms with E-state index in [9.17, 15) is 0 Å². The van der Waals surface area contributed by atoms with Crippen molar-refractivity contribution in [1.29, 1.82) is 0 Å². The predicted octanol–water partition coefficient (Wildman–Crippen LogP) is 4.71. The topological polar surface area (TPSA) is 15.3 Å². The van der Waals surface area contributed by atoms with Crippen LogP contribution < -0.4 is 10.2 Å².